The maximum Gasteiger partial charge on any atom is 0.407 e. The van der Waals surface area contributed by atoms with E-state index in [1.165, 1.54) is 12.1 Å². The molecule has 5 heteroatoms. The maximum absolute atomic E-state index is 11.2. The normalized spacial score (nSPS) is 9.61. The standard InChI is InChI=1S/C13H15NO4/c1-3-6-18-13(17)14-8-10-4-5-11(12(15)16)9(2)7-10/h3-5,7H,1,6,8H2,2H3,(H,14,17)(H,15,16). The van der Waals surface area contributed by atoms with Crippen molar-refractivity contribution >= 4 is 12.1 Å². The first-order valence-corrected chi connectivity index (χ1v) is 5.39. The minimum Gasteiger partial charge on any atom is -0.478 e. The molecule has 0 radical (unpaired) electrons. The Morgan fingerprint density at radius 3 is 2.78 bits per heavy atom. The monoisotopic (exact) mass is 249 g/mol. The van der Waals surface area contributed by atoms with Crippen LogP contribution in [0.25, 0.3) is 0 Å². The molecule has 96 valence electrons. The number of nitrogens with one attached hydrogen (secondary N) is 1. The zero-order valence-corrected chi connectivity index (χ0v) is 10.1. The first kappa shape index (κ1) is 13.8. The van der Waals surface area contributed by atoms with Crippen LogP contribution >= 0.6 is 0 Å². The Bertz CT molecular complexity index is 468. The molecule has 0 fully saturated rings. The van der Waals surface area contributed by atoms with Crippen LogP contribution in [0.1, 0.15) is 21.5 Å². The minimum absolute atomic E-state index is 0.156. The minimum atomic E-state index is -0.961. The second-order valence-corrected chi connectivity index (χ2v) is 3.70. The van der Waals surface area contributed by atoms with Gasteiger partial charge in [-0.05, 0) is 24.1 Å². The van der Waals surface area contributed by atoms with E-state index in [0.29, 0.717) is 5.56 Å². The number of carbonyl (C=O) groups excluding carboxylic acids is 1. The van der Waals surface area contributed by atoms with Crippen LogP contribution in [0.4, 0.5) is 4.79 Å². The molecule has 1 aromatic carbocycles. The maximum atomic E-state index is 11.2. The Labute approximate surface area is 105 Å². The Morgan fingerprint density at radius 2 is 2.22 bits per heavy atom. The Balaban J connectivity index is 2.58. The number of carboxylic acids is 1. The smallest absolute Gasteiger partial charge is 0.407 e. The molecule has 1 rings (SSSR count). The molecule has 0 aromatic heterocycles. The van der Waals surface area contributed by atoms with Gasteiger partial charge in [0.1, 0.15) is 6.61 Å². The van der Waals surface area contributed by atoms with Crippen molar-refractivity contribution in [2.45, 2.75) is 13.5 Å². The van der Waals surface area contributed by atoms with E-state index >= 15 is 0 Å². The second kappa shape index (κ2) is 6.44. The van der Waals surface area contributed by atoms with Gasteiger partial charge in [0.15, 0.2) is 0 Å². The third-order valence-electron chi connectivity index (χ3n) is 2.29. The molecule has 0 saturated carbocycles. The molecule has 0 atom stereocenters. The number of carboxylic acid groups (broad SMARTS) is 1. The molecule has 0 aliphatic heterocycles. The van der Waals surface area contributed by atoms with Crippen LogP contribution in [-0.4, -0.2) is 23.8 Å². The molecular weight excluding hydrogens is 234 g/mol. The largest absolute Gasteiger partial charge is 0.478 e. The molecule has 0 unspecified atom stereocenters. The van der Waals surface area contributed by atoms with E-state index in [9.17, 15) is 9.59 Å². The molecule has 1 aromatic rings. The van der Waals surface area contributed by atoms with E-state index in [1.54, 1.807) is 19.1 Å². The lowest BCUT2D eigenvalue weighted by atomic mass is 10.1. The van der Waals surface area contributed by atoms with E-state index in [2.05, 4.69) is 11.9 Å². The molecule has 0 saturated heterocycles. The fourth-order valence-corrected chi connectivity index (χ4v) is 1.44. The van der Waals surface area contributed by atoms with Crippen LogP contribution in [-0.2, 0) is 11.3 Å². The van der Waals surface area contributed by atoms with Gasteiger partial charge in [0.25, 0.3) is 0 Å². The average Bonchev–Trinajstić information content (AvgIpc) is 2.33. The molecule has 2 N–H and O–H groups in total. The van der Waals surface area contributed by atoms with Gasteiger partial charge in [-0.1, -0.05) is 24.8 Å². The fourth-order valence-electron chi connectivity index (χ4n) is 1.44. The van der Waals surface area contributed by atoms with E-state index in [-0.39, 0.29) is 18.7 Å². The van der Waals surface area contributed by atoms with Crippen molar-refractivity contribution in [2.24, 2.45) is 0 Å². The van der Waals surface area contributed by atoms with Gasteiger partial charge in [-0.25, -0.2) is 9.59 Å². The van der Waals surface area contributed by atoms with Crippen molar-refractivity contribution in [1.29, 1.82) is 0 Å². The van der Waals surface area contributed by atoms with E-state index in [4.69, 9.17) is 9.84 Å². The summed E-state index contributed by atoms with van der Waals surface area (Å²) in [5.74, 6) is -0.961. The zero-order valence-electron chi connectivity index (χ0n) is 10.1. The third-order valence-corrected chi connectivity index (χ3v) is 2.29. The highest BCUT2D eigenvalue weighted by Crippen LogP contribution is 2.11. The number of alkyl carbamates (subject to hydrolysis) is 1. The van der Waals surface area contributed by atoms with E-state index < -0.39 is 12.1 Å². The van der Waals surface area contributed by atoms with Crippen molar-refractivity contribution in [1.82, 2.24) is 5.32 Å². The van der Waals surface area contributed by atoms with Crippen LogP contribution in [0, 0.1) is 6.92 Å². The second-order valence-electron chi connectivity index (χ2n) is 3.70. The summed E-state index contributed by atoms with van der Waals surface area (Å²) in [7, 11) is 0. The van der Waals surface area contributed by atoms with E-state index in [0.717, 1.165) is 5.56 Å². The lowest BCUT2D eigenvalue weighted by Crippen LogP contribution is -2.23. The molecule has 0 aliphatic rings. The number of aromatic carboxylic acids is 1. The first-order valence-electron chi connectivity index (χ1n) is 5.39. The summed E-state index contributed by atoms with van der Waals surface area (Å²) in [4.78, 5) is 22.0. The highest BCUT2D eigenvalue weighted by atomic mass is 16.5. The molecule has 1 amide bonds. The number of carbonyl (C=O) groups is 2. The van der Waals surface area contributed by atoms with Gasteiger partial charge < -0.3 is 15.2 Å². The SMILES string of the molecule is C=CCOC(=O)NCc1ccc(C(=O)O)c(C)c1. The molecule has 18 heavy (non-hydrogen) atoms. The van der Waals surface area contributed by atoms with Crippen molar-refractivity contribution in [2.75, 3.05) is 6.61 Å². The van der Waals surface area contributed by atoms with Gasteiger partial charge in [0.05, 0.1) is 5.56 Å². The predicted octanol–water partition coefficient (Wildman–Crippen LogP) is 2.11. The highest BCUT2D eigenvalue weighted by Gasteiger charge is 2.07. The lowest BCUT2D eigenvalue weighted by molar-refractivity contribution is 0.0696. The number of amides is 1. The van der Waals surface area contributed by atoms with Crippen molar-refractivity contribution in [3.63, 3.8) is 0 Å². The van der Waals surface area contributed by atoms with Gasteiger partial charge in [-0.15, -0.1) is 0 Å². The van der Waals surface area contributed by atoms with Crippen LogP contribution < -0.4 is 5.32 Å². The van der Waals surface area contributed by atoms with E-state index in [1.807, 2.05) is 0 Å². The number of benzene rings is 1. The van der Waals surface area contributed by atoms with Gasteiger partial charge in [0.2, 0.25) is 0 Å². The number of aryl methyl sites for hydroxylation is 1. The van der Waals surface area contributed by atoms with Crippen LogP contribution in [0.5, 0.6) is 0 Å². The number of hydrogen-bond acceptors (Lipinski definition) is 3. The summed E-state index contributed by atoms with van der Waals surface area (Å²) in [6.07, 6.45) is 0.945. The molecule has 5 nitrogen and oxygen atoms in total. The topological polar surface area (TPSA) is 75.6 Å². The number of rotatable bonds is 5. The van der Waals surface area contributed by atoms with Crippen LogP contribution in [0.2, 0.25) is 0 Å². The predicted molar refractivity (Wildman–Crippen MR) is 66.5 cm³/mol. The molecule has 0 aliphatic carbocycles. The molecule has 0 spiro atoms. The zero-order chi connectivity index (χ0) is 13.5. The number of hydrogen-bond donors (Lipinski definition) is 2. The number of ether oxygens (including phenoxy) is 1. The summed E-state index contributed by atoms with van der Waals surface area (Å²) in [6.45, 7) is 5.58. The lowest BCUT2D eigenvalue weighted by Gasteiger charge is -2.07. The summed E-state index contributed by atoms with van der Waals surface area (Å²) in [6, 6.07) is 4.89. The summed E-state index contributed by atoms with van der Waals surface area (Å²) in [5.41, 5.74) is 1.72. The van der Waals surface area contributed by atoms with Gasteiger partial charge in [-0.2, -0.15) is 0 Å². The first-order chi connectivity index (χ1) is 8.54. The summed E-state index contributed by atoms with van der Waals surface area (Å²) >= 11 is 0. The molecule has 0 heterocycles. The van der Waals surface area contributed by atoms with Crippen molar-refractivity contribution < 1.29 is 19.4 Å². The molecular formula is C13H15NO4. The van der Waals surface area contributed by atoms with Gasteiger partial charge in [-0.3, -0.25) is 0 Å². The summed E-state index contributed by atoms with van der Waals surface area (Å²) in [5, 5.41) is 11.4. The van der Waals surface area contributed by atoms with Gasteiger partial charge in [0, 0.05) is 6.54 Å². The Hall–Kier alpha value is -2.30. The van der Waals surface area contributed by atoms with Gasteiger partial charge >= 0.3 is 12.1 Å². The Morgan fingerprint density at radius 1 is 1.50 bits per heavy atom. The van der Waals surface area contributed by atoms with Crippen LogP contribution in [0.3, 0.4) is 0 Å². The Kier molecular flexibility index (Phi) is 4.92. The average molecular weight is 249 g/mol. The molecule has 0 bridgehead atoms. The van der Waals surface area contributed by atoms with Crippen LogP contribution in [0.15, 0.2) is 30.9 Å². The highest BCUT2D eigenvalue weighted by molar-refractivity contribution is 5.89. The van der Waals surface area contributed by atoms with Crippen molar-refractivity contribution in [3.05, 3.63) is 47.5 Å². The summed E-state index contributed by atoms with van der Waals surface area (Å²) < 4.78 is 4.74. The quantitative estimate of drug-likeness (QED) is 0.783. The van der Waals surface area contributed by atoms with Crippen molar-refractivity contribution in [3.8, 4) is 0 Å². The fraction of sp³-hybridized carbons (Fsp3) is 0.231. The third kappa shape index (κ3) is 3.93.